The number of nitrogens with two attached hydrogens (primary N) is 1. The Kier molecular flexibility index (Phi) is 3.67. The molecule has 1 amide bonds. The number of halogens is 2. The van der Waals surface area contributed by atoms with Gasteiger partial charge in [-0.05, 0) is 30.3 Å². The van der Waals surface area contributed by atoms with Gasteiger partial charge >= 0.3 is 0 Å². The van der Waals surface area contributed by atoms with Crippen LogP contribution in [0, 0.1) is 0 Å². The lowest BCUT2D eigenvalue weighted by molar-refractivity contribution is 0.102. The zero-order valence-corrected chi connectivity index (χ0v) is 12.8. The number of anilines is 2. The number of hydrogen-bond donors (Lipinski definition) is 2. The van der Waals surface area contributed by atoms with E-state index >= 15 is 0 Å². The van der Waals surface area contributed by atoms with Crippen molar-refractivity contribution in [2.24, 2.45) is 0 Å². The third-order valence-corrected chi connectivity index (χ3v) is 4.02. The van der Waals surface area contributed by atoms with Gasteiger partial charge in [0.2, 0.25) is 0 Å². The molecule has 0 aliphatic rings. The molecule has 0 spiro atoms. The number of benzene rings is 2. The number of rotatable bonds is 2. The van der Waals surface area contributed by atoms with E-state index in [0.29, 0.717) is 33.0 Å². The van der Waals surface area contributed by atoms with Crippen molar-refractivity contribution in [2.75, 3.05) is 11.1 Å². The highest BCUT2D eigenvalue weighted by molar-refractivity contribution is 7.00. The van der Waals surface area contributed by atoms with Crippen molar-refractivity contribution in [1.29, 1.82) is 0 Å². The monoisotopic (exact) mass is 338 g/mol. The van der Waals surface area contributed by atoms with Crippen LogP contribution in [0.5, 0.6) is 0 Å². The molecule has 2 aromatic carbocycles. The molecule has 8 heteroatoms. The fourth-order valence-electron chi connectivity index (χ4n) is 1.84. The highest BCUT2D eigenvalue weighted by Crippen LogP contribution is 2.31. The van der Waals surface area contributed by atoms with Gasteiger partial charge in [-0.1, -0.05) is 23.2 Å². The lowest BCUT2D eigenvalue weighted by Crippen LogP contribution is -2.13. The van der Waals surface area contributed by atoms with Crippen LogP contribution >= 0.6 is 34.9 Å². The summed E-state index contributed by atoms with van der Waals surface area (Å²) in [6, 6.07) is 8.08. The largest absolute Gasteiger partial charge is 0.399 e. The standard InChI is InChI=1S/C13H8Cl2N4OS/c14-8-3-4-10-12(19-21-18-10)11(8)17-13(20)7-2-1-6(16)5-9(7)15/h1-5H,16H2,(H,17,20). The Morgan fingerprint density at radius 2 is 1.95 bits per heavy atom. The normalized spacial score (nSPS) is 10.8. The fourth-order valence-corrected chi connectivity index (χ4v) is 2.86. The lowest BCUT2D eigenvalue weighted by atomic mass is 10.2. The predicted molar refractivity (Wildman–Crippen MR) is 86.2 cm³/mol. The van der Waals surface area contributed by atoms with Crippen LogP contribution in [0.3, 0.4) is 0 Å². The van der Waals surface area contributed by atoms with E-state index in [2.05, 4.69) is 14.1 Å². The molecule has 0 unspecified atom stereocenters. The van der Waals surface area contributed by atoms with E-state index in [1.807, 2.05) is 0 Å². The van der Waals surface area contributed by atoms with Crippen molar-refractivity contribution in [3.8, 4) is 0 Å². The van der Waals surface area contributed by atoms with Crippen molar-refractivity contribution < 1.29 is 4.79 Å². The molecule has 1 heterocycles. The molecule has 5 nitrogen and oxygen atoms in total. The van der Waals surface area contributed by atoms with Crippen molar-refractivity contribution in [1.82, 2.24) is 8.75 Å². The summed E-state index contributed by atoms with van der Waals surface area (Å²) in [4.78, 5) is 12.3. The number of carbonyl (C=O) groups is 1. The maximum absolute atomic E-state index is 12.3. The van der Waals surface area contributed by atoms with Crippen LogP contribution in [0.1, 0.15) is 10.4 Å². The molecule has 3 aromatic rings. The van der Waals surface area contributed by atoms with Crippen LogP contribution in [0.15, 0.2) is 30.3 Å². The lowest BCUT2D eigenvalue weighted by Gasteiger charge is -2.09. The Bertz CT molecular complexity index is 849. The van der Waals surface area contributed by atoms with Gasteiger partial charge in [0, 0.05) is 5.69 Å². The van der Waals surface area contributed by atoms with E-state index in [0.717, 1.165) is 11.7 Å². The molecule has 0 aliphatic carbocycles. The van der Waals surface area contributed by atoms with Crippen LogP contribution in [0.2, 0.25) is 10.0 Å². The molecule has 0 bridgehead atoms. The second kappa shape index (κ2) is 5.48. The molecular weight excluding hydrogens is 331 g/mol. The van der Waals surface area contributed by atoms with Crippen molar-refractivity contribution >= 4 is 63.2 Å². The molecule has 0 saturated heterocycles. The average Bonchev–Trinajstić information content (AvgIpc) is 2.90. The first-order valence-electron chi connectivity index (χ1n) is 5.83. The minimum atomic E-state index is -0.387. The summed E-state index contributed by atoms with van der Waals surface area (Å²) >= 11 is 13.2. The number of hydrogen-bond acceptors (Lipinski definition) is 5. The quantitative estimate of drug-likeness (QED) is 0.695. The van der Waals surface area contributed by atoms with Gasteiger partial charge < -0.3 is 11.1 Å². The Morgan fingerprint density at radius 3 is 2.71 bits per heavy atom. The first kappa shape index (κ1) is 14.1. The Balaban J connectivity index is 2.00. The van der Waals surface area contributed by atoms with E-state index in [1.54, 1.807) is 24.3 Å². The van der Waals surface area contributed by atoms with Gasteiger partial charge in [0.25, 0.3) is 5.91 Å². The summed E-state index contributed by atoms with van der Waals surface area (Å²) in [5.41, 5.74) is 8.04. The van der Waals surface area contributed by atoms with Crippen molar-refractivity contribution in [2.45, 2.75) is 0 Å². The number of carbonyl (C=O) groups excluding carboxylic acids is 1. The molecule has 0 radical (unpaired) electrons. The molecule has 1 aromatic heterocycles. The number of fused-ring (bicyclic) bond motifs is 1. The van der Waals surface area contributed by atoms with E-state index < -0.39 is 0 Å². The van der Waals surface area contributed by atoms with Gasteiger partial charge in [-0.15, -0.1) is 0 Å². The van der Waals surface area contributed by atoms with Crippen LogP contribution in [-0.2, 0) is 0 Å². The smallest absolute Gasteiger partial charge is 0.257 e. The molecule has 21 heavy (non-hydrogen) atoms. The van der Waals surface area contributed by atoms with Gasteiger partial charge in [-0.3, -0.25) is 4.79 Å². The van der Waals surface area contributed by atoms with E-state index in [4.69, 9.17) is 28.9 Å². The zero-order valence-electron chi connectivity index (χ0n) is 10.4. The third-order valence-electron chi connectivity index (χ3n) is 2.85. The summed E-state index contributed by atoms with van der Waals surface area (Å²) < 4.78 is 8.25. The van der Waals surface area contributed by atoms with E-state index in [1.165, 1.54) is 6.07 Å². The highest BCUT2D eigenvalue weighted by atomic mass is 35.5. The number of aromatic nitrogens is 2. The van der Waals surface area contributed by atoms with Crippen LogP contribution in [0.4, 0.5) is 11.4 Å². The second-order valence-corrected chi connectivity index (χ2v) is 5.59. The first-order chi connectivity index (χ1) is 10.1. The molecule has 3 N–H and O–H groups in total. The Labute approximate surface area is 134 Å². The predicted octanol–water partition coefficient (Wildman–Crippen LogP) is 3.83. The van der Waals surface area contributed by atoms with Crippen molar-refractivity contribution in [3.05, 3.63) is 45.9 Å². The summed E-state index contributed by atoms with van der Waals surface area (Å²) in [5.74, 6) is -0.387. The Morgan fingerprint density at radius 1 is 1.14 bits per heavy atom. The number of amides is 1. The molecule has 3 rings (SSSR count). The topological polar surface area (TPSA) is 80.9 Å². The summed E-state index contributed by atoms with van der Waals surface area (Å²) in [6.07, 6.45) is 0. The molecule has 0 fully saturated rings. The van der Waals surface area contributed by atoms with E-state index in [-0.39, 0.29) is 10.9 Å². The van der Waals surface area contributed by atoms with Crippen LogP contribution in [-0.4, -0.2) is 14.7 Å². The maximum Gasteiger partial charge on any atom is 0.257 e. The highest BCUT2D eigenvalue weighted by Gasteiger charge is 2.16. The van der Waals surface area contributed by atoms with Crippen molar-refractivity contribution in [3.63, 3.8) is 0 Å². The molecule has 0 aliphatic heterocycles. The van der Waals surface area contributed by atoms with Gasteiger partial charge in [-0.2, -0.15) is 8.75 Å². The number of nitrogens with one attached hydrogen (secondary N) is 1. The molecule has 0 saturated carbocycles. The summed E-state index contributed by atoms with van der Waals surface area (Å²) in [5, 5.41) is 3.38. The van der Waals surface area contributed by atoms with Crippen LogP contribution < -0.4 is 11.1 Å². The molecule has 106 valence electrons. The summed E-state index contributed by atoms with van der Waals surface area (Å²) in [6.45, 7) is 0. The average molecular weight is 339 g/mol. The number of nitrogen functional groups attached to an aromatic ring is 1. The SMILES string of the molecule is Nc1ccc(C(=O)Nc2c(Cl)ccc3nsnc23)c(Cl)c1. The zero-order chi connectivity index (χ0) is 15.0. The van der Waals surface area contributed by atoms with E-state index in [9.17, 15) is 4.79 Å². The first-order valence-corrected chi connectivity index (χ1v) is 7.32. The molecular formula is C13H8Cl2N4OS. The molecule has 0 atom stereocenters. The van der Waals surface area contributed by atoms with Gasteiger partial charge in [0.15, 0.2) is 0 Å². The third kappa shape index (κ3) is 2.65. The number of nitrogens with zero attached hydrogens (tertiary/aromatic N) is 2. The fraction of sp³-hybridized carbons (Fsp3) is 0. The summed E-state index contributed by atoms with van der Waals surface area (Å²) in [7, 11) is 0. The minimum Gasteiger partial charge on any atom is -0.399 e. The van der Waals surface area contributed by atoms with Gasteiger partial charge in [-0.25, -0.2) is 0 Å². The maximum atomic E-state index is 12.3. The Hall–Kier alpha value is -1.89. The van der Waals surface area contributed by atoms with Gasteiger partial charge in [0.05, 0.1) is 33.0 Å². The van der Waals surface area contributed by atoms with Gasteiger partial charge in [0.1, 0.15) is 11.0 Å². The van der Waals surface area contributed by atoms with Crippen LogP contribution in [0.25, 0.3) is 11.0 Å². The second-order valence-electron chi connectivity index (χ2n) is 4.25. The minimum absolute atomic E-state index is 0.271.